The van der Waals surface area contributed by atoms with Gasteiger partial charge in [0, 0.05) is 34.4 Å². The lowest BCUT2D eigenvalue weighted by atomic mass is 9.86. The summed E-state index contributed by atoms with van der Waals surface area (Å²) >= 11 is 12.1. The Morgan fingerprint density at radius 2 is 1.66 bits per heavy atom. The molecule has 0 aliphatic carbocycles. The minimum Gasteiger partial charge on any atom is -0.349 e. The first-order chi connectivity index (χ1) is 15.4. The van der Waals surface area contributed by atoms with Crippen LogP contribution in [0.25, 0.3) is 5.65 Å². The molecule has 2 aromatic heterocycles. The average Bonchev–Trinajstić information content (AvgIpc) is 2.79. The highest BCUT2D eigenvalue weighted by molar-refractivity contribution is 6.30. The highest BCUT2D eigenvalue weighted by atomic mass is 35.5. The van der Waals surface area contributed by atoms with Crippen molar-refractivity contribution in [2.24, 2.45) is 0 Å². The maximum Gasteiger partial charge on any atom is 0.270 e. The monoisotopic (exact) mass is 465 g/mol. The number of amides is 1. The third kappa shape index (κ3) is 4.85. The van der Waals surface area contributed by atoms with Crippen molar-refractivity contribution in [3.63, 3.8) is 0 Å². The van der Waals surface area contributed by atoms with Crippen LogP contribution in [0.5, 0.6) is 0 Å². The summed E-state index contributed by atoms with van der Waals surface area (Å²) in [6.07, 6.45) is 3.60. The Morgan fingerprint density at radius 3 is 2.34 bits per heavy atom. The van der Waals surface area contributed by atoms with Gasteiger partial charge in [-0.25, -0.2) is 4.98 Å². The maximum atomic E-state index is 13.0. The highest BCUT2D eigenvalue weighted by Crippen LogP contribution is 2.27. The van der Waals surface area contributed by atoms with E-state index in [1.54, 1.807) is 24.4 Å². The van der Waals surface area contributed by atoms with Crippen molar-refractivity contribution < 1.29 is 4.79 Å². The van der Waals surface area contributed by atoms with E-state index in [-0.39, 0.29) is 17.5 Å². The molecule has 5 nitrogen and oxygen atoms in total. The molecule has 0 aliphatic rings. The molecule has 4 rings (SSSR count). The summed E-state index contributed by atoms with van der Waals surface area (Å²) < 4.78 is 1.37. The van der Waals surface area contributed by atoms with Gasteiger partial charge in [-0.15, -0.1) is 0 Å². The topological polar surface area (TPSA) is 63.5 Å². The number of hydrogen-bond acceptors (Lipinski definition) is 3. The Bertz CT molecular complexity index is 1300. The fourth-order valence-corrected chi connectivity index (χ4v) is 3.99. The van der Waals surface area contributed by atoms with Crippen LogP contribution in [0.3, 0.4) is 0 Å². The number of fused-ring (bicyclic) bond motifs is 1. The summed E-state index contributed by atoms with van der Waals surface area (Å²) in [5.41, 5.74) is 2.21. The number of carbonyl (C=O) groups is 1. The molecule has 162 valence electrons. The number of hydrogen-bond donors (Lipinski definition) is 1. The number of rotatable bonds is 6. The molecule has 7 heteroatoms. The lowest BCUT2D eigenvalue weighted by Crippen LogP contribution is -2.40. The van der Waals surface area contributed by atoms with Crippen molar-refractivity contribution >= 4 is 34.8 Å². The van der Waals surface area contributed by atoms with E-state index in [9.17, 15) is 9.59 Å². The summed E-state index contributed by atoms with van der Waals surface area (Å²) in [5.74, 6) is -0.503. The highest BCUT2D eigenvalue weighted by Gasteiger charge is 2.24. The van der Waals surface area contributed by atoms with Gasteiger partial charge in [-0.2, -0.15) is 0 Å². The van der Waals surface area contributed by atoms with E-state index in [2.05, 4.69) is 10.3 Å². The van der Waals surface area contributed by atoms with Gasteiger partial charge in [0.05, 0.1) is 0 Å². The second kappa shape index (κ2) is 9.55. The standard InChI is InChI=1S/C25H21Cl2N3O2/c1-16(29-24(31)22-15-28-23-4-2-3-13-30(23)25(22)32)21(18-7-11-20(27)12-8-18)14-17-5-9-19(26)10-6-17/h2-13,15-16,21H,14H2,1H3,(H,29,31)/t16-,21+/m1/s1. The van der Waals surface area contributed by atoms with Gasteiger partial charge in [0.2, 0.25) is 0 Å². The van der Waals surface area contributed by atoms with Crippen LogP contribution < -0.4 is 10.9 Å². The summed E-state index contributed by atoms with van der Waals surface area (Å²) in [6.45, 7) is 1.93. The van der Waals surface area contributed by atoms with Gasteiger partial charge in [-0.3, -0.25) is 14.0 Å². The van der Waals surface area contributed by atoms with Gasteiger partial charge in [-0.05, 0) is 60.9 Å². The van der Waals surface area contributed by atoms with Crippen molar-refractivity contribution in [1.82, 2.24) is 14.7 Å². The number of benzene rings is 2. The molecule has 1 amide bonds. The van der Waals surface area contributed by atoms with Crippen LogP contribution in [-0.2, 0) is 6.42 Å². The van der Waals surface area contributed by atoms with Gasteiger partial charge < -0.3 is 5.32 Å². The van der Waals surface area contributed by atoms with Gasteiger partial charge in [0.15, 0.2) is 0 Å². The van der Waals surface area contributed by atoms with Gasteiger partial charge in [-0.1, -0.05) is 53.5 Å². The van der Waals surface area contributed by atoms with Crippen LogP contribution in [0, 0.1) is 0 Å². The second-order valence-electron chi connectivity index (χ2n) is 7.66. The zero-order valence-corrected chi connectivity index (χ0v) is 18.8. The lowest BCUT2D eigenvalue weighted by Gasteiger charge is -2.26. The molecule has 0 saturated heterocycles. The van der Waals surface area contributed by atoms with Crippen LogP contribution >= 0.6 is 23.2 Å². The first-order valence-electron chi connectivity index (χ1n) is 10.2. The first-order valence-corrected chi connectivity index (χ1v) is 10.9. The quantitative estimate of drug-likeness (QED) is 0.428. The minimum atomic E-state index is -0.455. The summed E-state index contributed by atoms with van der Waals surface area (Å²) in [4.78, 5) is 30.0. The van der Waals surface area contributed by atoms with Crippen molar-refractivity contribution in [2.75, 3.05) is 0 Å². The molecule has 0 spiro atoms. The minimum absolute atomic E-state index is 0.00176. The molecule has 1 N–H and O–H groups in total. The first kappa shape index (κ1) is 22.1. The molecule has 2 atom stereocenters. The normalized spacial score (nSPS) is 13.0. The van der Waals surface area contributed by atoms with Crippen molar-refractivity contribution in [3.8, 4) is 0 Å². The molecule has 0 unspecified atom stereocenters. The fraction of sp³-hybridized carbons (Fsp3) is 0.160. The van der Waals surface area contributed by atoms with E-state index in [4.69, 9.17) is 23.2 Å². The summed E-state index contributed by atoms with van der Waals surface area (Å²) in [6, 6.07) is 20.2. The smallest absolute Gasteiger partial charge is 0.270 e. The molecule has 4 aromatic rings. The molecule has 0 bridgehead atoms. The zero-order valence-electron chi connectivity index (χ0n) is 17.3. The molecule has 2 heterocycles. The molecular formula is C25H21Cl2N3O2. The van der Waals surface area contributed by atoms with Crippen LogP contribution in [0.1, 0.15) is 34.3 Å². The van der Waals surface area contributed by atoms with E-state index < -0.39 is 11.5 Å². The number of aromatic nitrogens is 2. The average molecular weight is 466 g/mol. The third-order valence-electron chi connectivity index (χ3n) is 5.49. The van der Waals surface area contributed by atoms with Gasteiger partial charge in [0.25, 0.3) is 11.5 Å². The van der Waals surface area contributed by atoms with Crippen molar-refractivity contribution in [3.05, 3.63) is 116 Å². The van der Waals surface area contributed by atoms with Crippen molar-refractivity contribution in [1.29, 1.82) is 0 Å². The Labute approximate surface area is 195 Å². The number of carbonyl (C=O) groups excluding carboxylic acids is 1. The third-order valence-corrected chi connectivity index (χ3v) is 5.99. The Morgan fingerprint density at radius 1 is 1.00 bits per heavy atom. The summed E-state index contributed by atoms with van der Waals surface area (Å²) in [5, 5.41) is 4.31. The largest absolute Gasteiger partial charge is 0.349 e. The number of nitrogens with zero attached hydrogens (tertiary/aromatic N) is 2. The number of halogens is 2. The van der Waals surface area contributed by atoms with E-state index >= 15 is 0 Å². The predicted octanol–water partition coefficient (Wildman–Crippen LogP) is 5.15. The molecule has 2 aromatic carbocycles. The van der Waals surface area contributed by atoms with E-state index in [0.29, 0.717) is 22.1 Å². The molecule has 32 heavy (non-hydrogen) atoms. The number of pyridine rings is 1. The maximum absolute atomic E-state index is 13.0. The van der Waals surface area contributed by atoms with Crippen LogP contribution in [0.4, 0.5) is 0 Å². The second-order valence-corrected chi connectivity index (χ2v) is 8.53. The molecule has 0 aliphatic heterocycles. The van der Waals surface area contributed by atoms with E-state index in [0.717, 1.165) is 11.1 Å². The van der Waals surface area contributed by atoms with Crippen LogP contribution in [0.15, 0.2) is 83.9 Å². The van der Waals surface area contributed by atoms with Gasteiger partial charge >= 0.3 is 0 Å². The lowest BCUT2D eigenvalue weighted by molar-refractivity contribution is 0.0932. The Hall–Kier alpha value is -3.15. The SMILES string of the molecule is C[C@@H](NC(=O)c1cnc2ccccn2c1=O)[C@H](Cc1ccc(Cl)cc1)c1ccc(Cl)cc1. The molecule has 0 saturated carbocycles. The van der Waals surface area contributed by atoms with Crippen molar-refractivity contribution in [2.45, 2.75) is 25.3 Å². The molecular weight excluding hydrogens is 445 g/mol. The fourth-order valence-electron chi connectivity index (χ4n) is 3.74. The van der Waals surface area contributed by atoms with E-state index in [1.165, 1.54) is 10.6 Å². The van der Waals surface area contributed by atoms with Crippen LogP contribution in [-0.4, -0.2) is 21.3 Å². The Balaban J connectivity index is 1.61. The zero-order chi connectivity index (χ0) is 22.7. The van der Waals surface area contributed by atoms with Gasteiger partial charge in [0.1, 0.15) is 11.2 Å². The summed E-state index contributed by atoms with van der Waals surface area (Å²) in [7, 11) is 0. The van der Waals surface area contributed by atoms with Crippen LogP contribution in [0.2, 0.25) is 10.0 Å². The molecule has 0 radical (unpaired) electrons. The van der Waals surface area contributed by atoms with E-state index in [1.807, 2.05) is 55.5 Å². The molecule has 0 fully saturated rings. The number of nitrogens with one attached hydrogen (secondary N) is 1. The predicted molar refractivity (Wildman–Crippen MR) is 128 cm³/mol. The Kier molecular flexibility index (Phi) is 6.58.